The first-order valence-electron chi connectivity index (χ1n) is 4.02. The smallest absolute Gasteiger partial charge is 0.236 e. The van der Waals surface area contributed by atoms with Crippen molar-refractivity contribution in [3.05, 3.63) is 17.7 Å². The number of hydrogen-bond donors (Lipinski definition) is 2. The number of nitrogens with zero attached hydrogens (tertiary/aromatic N) is 2. The lowest BCUT2D eigenvalue weighted by Crippen LogP contribution is -2.31. The molecule has 0 fully saturated rings. The molecule has 0 saturated carbocycles. The van der Waals surface area contributed by atoms with Crippen molar-refractivity contribution in [3.8, 4) is 0 Å². The van der Waals surface area contributed by atoms with Crippen LogP contribution in [0, 0.1) is 11.6 Å². The molecule has 1 aromatic heterocycles. The number of pyridine rings is 1. The van der Waals surface area contributed by atoms with Gasteiger partial charge in [0.05, 0.1) is 6.54 Å². The average Bonchev–Trinajstić information content (AvgIpc) is 2.09. The molecule has 1 rings (SSSR count). The SMILES string of the molecule is CN(CC(N)=O)c1nc(N)c(F)cc1F. The zero-order valence-electron chi connectivity index (χ0n) is 8.00. The van der Waals surface area contributed by atoms with E-state index in [1.807, 2.05) is 0 Å². The summed E-state index contributed by atoms with van der Waals surface area (Å²) in [6.07, 6.45) is 0. The molecule has 82 valence electrons. The van der Waals surface area contributed by atoms with E-state index in [0.29, 0.717) is 6.07 Å². The van der Waals surface area contributed by atoms with Gasteiger partial charge in [0.15, 0.2) is 23.3 Å². The minimum absolute atomic E-state index is 0.215. The highest BCUT2D eigenvalue weighted by atomic mass is 19.1. The van der Waals surface area contributed by atoms with E-state index < -0.39 is 23.4 Å². The number of carbonyl (C=O) groups excluding carboxylic acids is 1. The van der Waals surface area contributed by atoms with Crippen LogP contribution in [0.4, 0.5) is 20.4 Å². The van der Waals surface area contributed by atoms with Crippen LogP contribution in [0.25, 0.3) is 0 Å². The molecule has 0 radical (unpaired) electrons. The van der Waals surface area contributed by atoms with Gasteiger partial charge in [-0.05, 0) is 0 Å². The Bertz CT molecular complexity index is 396. The predicted octanol–water partition coefficient (Wildman–Crippen LogP) is -0.137. The number of halogens is 2. The highest BCUT2D eigenvalue weighted by Crippen LogP contribution is 2.19. The molecule has 4 N–H and O–H groups in total. The van der Waals surface area contributed by atoms with Crippen LogP contribution in [0.3, 0.4) is 0 Å². The summed E-state index contributed by atoms with van der Waals surface area (Å²) in [5.74, 6) is -3.13. The third-order valence-electron chi connectivity index (χ3n) is 1.69. The number of hydrogen-bond acceptors (Lipinski definition) is 4. The number of rotatable bonds is 3. The van der Waals surface area contributed by atoms with E-state index in [2.05, 4.69) is 4.98 Å². The summed E-state index contributed by atoms with van der Waals surface area (Å²) in [5.41, 5.74) is 10.1. The van der Waals surface area contributed by atoms with Gasteiger partial charge in [0.25, 0.3) is 0 Å². The number of primary amides is 1. The van der Waals surface area contributed by atoms with Crippen LogP contribution in [0.5, 0.6) is 0 Å². The Balaban J connectivity index is 3.03. The van der Waals surface area contributed by atoms with Crippen molar-refractivity contribution >= 4 is 17.5 Å². The van der Waals surface area contributed by atoms with Gasteiger partial charge in [0, 0.05) is 13.1 Å². The molecular weight excluding hydrogens is 206 g/mol. The molecule has 0 saturated heterocycles. The Morgan fingerprint density at radius 1 is 1.53 bits per heavy atom. The van der Waals surface area contributed by atoms with Gasteiger partial charge in [0.1, 0.15) is 0 Å². The largest absolute Gasteiger partial charge is 0.381 e. The summed E-state index contributed by atoms with van der Waals surface area (Å²) in [6, 6.07) is 0.606. The summed E-state index contributed by atoms with van der Waals surface area (Å²) >= 11 is 0. The van der Waals surface area contributed by atoms with Gasteiger partial charge in [0.2, 0.25) is 5.91 Å². The third-order valence-corrected chi connectivity index (χ3v) is 1.69. The van der Waals surface area contributed by atoms with Crippen LogP contribution in [-0.2, 0) is 4.79 Å². The van der Waals surface area contributed by atoms with Crippen molar-refractivity contribution in [1.29, 1.82) is 0 Å². The lowest BCUT2D eigenvalue weighted by molar-refractivity contribution is -0.116. The quantitative estimate of drug-likeness (QED) is 0.736. The summed E-state index contributed by atoms with van der Waals surface area (Å²) in [4.78, 5) is 15.2. The van der Waals surface area contributed by atoms with E-state index in [4.69, 9.17) is 11.5 Å². The molecule has 0 bridgehead atoms. The molecule has 1 aromatic rings. The number of aromatic nitrogens is 1. The van der Waals surface area contributed by atoms with Gasteiger partial charge in [-0.1, -0.05) is 0 Å². The molecule has 0 aromatic carbocycles. The Morgan fingerprint density at radius 2 is 2.13 bits per heavy atom. The molecule has 0 aliphatic rings. The van der Waals surface area contributed by atoms with Crippen LogP contribution in [0.15, 0.2) is 6.07 Å². The first kappa shape index (κ1) is 11.2. The van der Waals surface area contributed by atoms with Crippen LogP contribution in [-0.4, -0.2) is 24.5 Å². The number of amides is 1. The Kier molecular flexibility index (Phi) is 3.03. The first-order chi connectivity index (χ1) is 6.91. The second kappa shape index (κ2) is 4.07. The Labute approximate surface area is 84.7 Å². The summed E-state index contributed by atoms with van der Waals surface area (Å²) in [7, 11) is 1.40. The number of likely N-dealkylation sites (N-methyl/N-ethyl adjacent to an activating group) is 1. The van der Waals surface area contributed by atoms with Crippen molar-refractivity contribution in [1.82, 2.24) is 4.98 Å². The molecule has 15 heavy (non-hydrogen) atoms. The van der Waals surface area contributed by atoms with E-state index in [0.717, 1.165) is 4.90 Å². The van der Waals surface area contributed by atoms with Crippen molar-refractivity contribution in [2.45, 2.75) is 0 Å². The fraction of sp³-hybridized carbons (Fsp3) is 0.250. The first-order valence-corrected chi connectivity index (χ1v) is 4.02. The molecule has 1 heterocycles. The number of carbonyl (C=O) groups is 1. The number of anilines is 2. The molecule has 0 aliphatic heterocycles. The molecule has 0 aliphatic carbocycles. The van der Waals surface area contributed by atoms with Gasteiger partial charge in [-0.25, -0.2) is 13.8 Å². The summed E-state index contributed by atoms with van der Waals surface area (Å²) in [6.45, 7) is -0.227. The maximum absolute atomic E-state index is 13.2. The highest BCUT2D eigenvalue weighted by molar-refractivity contribution is 5.79. The normalized spacial score (nSPS) is 10.1. The summed E-state index contributed by atoms with van der Waals surface area (Å²) in [5, 5.41) is 0. The summed E-state index contributed by atoms with van der Waals surface area (Å²) < 4.78 is 25.9. The van der Waals surface area contributed by atoms with E-state index in [9.17, 15) is 13.6 Å². The maximum Gasteiger partial charge on any atom is 0.236 e. The topological polar surface area (TPSA) is 85.2 Å². The Hall–Kier alpha value is -1.92. The van der Waals surface area contributed by atoms with Gasteiger partial charge >= 0.3 is 0 Å². The van der Waals surface area contributed by atoms with Crippen molar-refractivity contribution < 1.29 is 13.6 Å². The van der Waals surface area contributed by atoms with Gasteiger partial charge in [-0.2, -0.15) is 0 Å². The van der Waals surface area contributed by atoms with E-state index in [1.54, 1.807) is 0 Å². The van der Waals surface area contributed by atoms with Crippen LogP contribution in [0.1, 0.15) is 0 Å². The van der Waals surface area contributed by atoms with Crippen LogP contribution >= 0.6 is 0 Å². The van der Waals surface area contributed by atoms with E-state index >= 15 is 0 Å². The van der Waals surface area contributed by atoms with Gasteiger partial charge in [-0.15, -0.1) is 0 Å². The number of nitrogen functional groups attached to an aromatic ring is 1. The monoisotopic (exact) mass is 216 g/mol. The van der Waals surface area contributed by atoms with Crippen LogP contribution in [0.2, 0.25) is 0 Å². The second-order valence-corrected chi connectivity index (χ2v) is 2.98. The minimum Gasteiger partial charge on any atom is -0.381 e. The molecular formula is C8H10F2N4O. The molecule has 5 nitrogen and oxygen atoms in total. The zero-order chi connectivity index (χ0) is 11.6. The van der Waals surface area contributed by atoms with Crippen molar-refractivity contribution in [2.24, 2.45) is 5.73 Å². The van der Waals surface area contributed by atoms with Crippen molar-refractivity contribution in [2.75, 3.05) is 24.2 Å². The Morgan fingerprint density at radius 3 is 2.67 bits per heavy atom. The lowest BCUT2D eigenvalue weighted by Gasteiger charge is -2.16. The van der Waals surface area contributed by atoms with Gasteiger partial charge in [-0.3, -0.25) is 4.79 Å². The van der Waals surface area contributed by atoms with E-state index in [1.165, 1.54) is 7.05 Å². The average molecular weight is 216 g/mol. The molecule has 1 amide bonds. The zero-order valence-corrected chi connectivity index (χ0v) is 8.00. The fourth-order valence-electron chi connectivity index (χ4n) is 1.05. The van der Waals surface area contributed by atoms with Crippen molar-refractivity contribution in [3.63, 3.8) is 0 Å². The predicted molar refractivity (Wildman–Crippen MR) is 51.0 cm³/mol. The van der Waals surface area contributed by atoms with Gasteiger partial charge < -0.3 is 16.4 Å². The molecule has 0 atom stereocenters. The molecule has 7 heteroatoms. The lowest BCUT2D eigenvalue weighted by atomic mass is 10.3. The highest BCUT2D eigenvalue weighted by Gasteiger charge is 2.14. The van der Waals surface area contributed by atoms with Crippen LogP contribution < -0.4 is 16.4 Å². The van der Waals surface area contributed by atoms with E-state index in [-0.39, 0.29) is 12.4 Å². The maximum atomic E-state index is 13.2. The standard InChI is InChI=1S/C8H10F2N4O/c1-14(3-6(11)15)8-5(10)2-4(9)7(12)13-8/h2H,3H2,1H3,(H2,11,15)(H2,12,13). The fourth-order valence-corrected chi connectivity index (χ4v) is 1.05. The molecule has 0 unspecified atom stereocenters. The second-order valence-electron chi connectivity index (χ2n) is 2.98. The minimum atomic E-state index is -0.941. The third kappa shape index (κ3) is 2.52. The molecule has 0 spiro atoms. The number of nitrogens with two attached hydrogens (primary N) is 2.